The Morgan fingerprint density at radius 1 is 0.909 bits per heavy atom. The van der Waals surface area contributed by atoms with Crippen LogP contribution in [0.25, 0.3) is 0 Å². The molecule has 172 valence electrons. The zero-order valence-electron chi connectivity index (χ0n) is 18.9. The zero-order chi connectivity index (χ0) is 23.8. The molecule has 0 aliphatic carbocycles. The quantitative estimate of drug-likeness (QED) is 0.123. The molecule has 0 bridgehead atoms. The second-order valence-corrected chi connectivity index (χ2v) is 9.81. The Labute approximate surface area is 210 Å². The van der Waals surface area contributed by atoms with Crippen molar-refractivity contribution in [2.75, 3.05) is 12.3 Å². The number of rotatable bonds is 10. The van der Waals surface area contributed by atoms with Gasteiger partial charge < -0.3 is 4.74 Å². The molecule has 3 nitrogen and oxygen atoms in total. The Bertz CT molecular complexity index is 1100. The van der Waals surface area contributed by atoms with Gasteiger partial charge in [0.05, 0.1) is 22.8 Å². The van der Waals surface area contributed by atoms with Gasteiger partial charge in [-0.15, -0.1) is 11.8 Å². The number of hydrogen-bond acceptors (Lipinski definition) is 4. The maximum atomic E-state index is 13.2. The highest BCUT2D eigenvalue weighted by Crippen LogP contribution is 2.27. The lowest BCUT2D eigenvalue weighted by molar-refractivity contribution is 0.0961. The number of aliphatic imine (C=N–C) groups is 1. The summed E-state index contributed by atoms with van der Waals surface area (Å²) in [5.41, 5.74) is 2.28. The standard InChI is InChI=1S/C27H27Cl2NO2S/c1-18(2)32-23-14-10-20(11-15-23)26(19(3)27(31)21-8-12-22(28)13-9-21)30-16-17-33-25-7-5-4-6-24(25)29/h4-15,18-19H,16-17H2,1-3H3. The third kappa shape index (κ3) is 7.36. The van der Waals surface area contributed by atoms with E-state index < -0.39 is 5.92 Å². The molecular weight excluding hydrogens is 473 g/mol. The molecule has 0 amide bonds. The molecule has 0 spiro atoms. The number of Topliss-reactive ketones (excluding diaryl/α,β-unsaturated/α-hetero) is 1. The third-order valence-corrected chi connectivity index (χ3v) is 6.67. The number of carbonyl (C=O) groups is 1. The van der Waals surface area contributed by atoms with E-state index in [9.17, 15) is 4.79 Å². The minimum atomic E-state index is -0.409. The fourth-order valence-electron chi connectivity index (χ4n) is 3.33. The van der Waals surface area contributed by atoms with Gasteiger partial charge in [-0.3, -0.25) is 9.79 Å². The summed E-state index contributed by atoms with van der Waals surface area (Å²) >= 11 is 13.9. The van der Waals surface area contributed by atoms with Gasteiger partial charge in [0, 0.05) is 27.8 Å². The molecule has 1 atom stereocenters. The Morgan fingerprint density at radius 2 is 1.55 bits per heavy atom. The molecule has 0 aliphatic heterocycles. The summed E-state index contributed by atoms with van der Waals surface area (Å²) in [7, 11) is 0. The predicted octanol–water partition coefficient (Wildman–Crippen LogP) is 7.88. The molecule has 6 heteroatoms. The van der Waals surface area contributed by atoms with Crippen LogP contribution in [0, 0.1) is 5.92 Å². The molecule has 0 saturated heterocycles. The van der Waals surface area contributed by atoms with E-state index in [0.717, 1.165) is 32.7 Å². The van der Waals surface area contributed by atoms with Gasteiger partial charge in [0.25, 0.3) is 0 Å². The first-order chi connectivity index (χ1) is 15.8. The van der Waals surface area contributed by atoms with Gasteiger partial charge in [-0.1, -0.05) is 35.3 Å². The molecule has 33 heavy (non-hydrogen) atoms. The number of ketones is 1. The maximum absolute atomic E-state index is 13.2. The molecule has 0 radical (unpaired) electrons. The summed E-state index contributed by atoms with van der Waals surface area (Å²) in [5.74, 6) is 1.14. The van der Waals surface area contributed by atoms with Crippen LogP contribution in [-0.2, 0) is 0 Å². The van der Waals surface area contributed by atoms with Crippen molar-refractivity contribution in [2.24, 2.45) is 10.9 Å². The van der Waals surface area contributed by atoms with Crippen LogP contribution in [0.4, 0.5) is 0 Å². The Hall–Kier alpha value is -2.27. The highest BCUT2D eigenvalue weighted by molar-refractivity contribution is 7.99. The number of benzene rings is 3. The van der Waals surface area contributed by atoms with Crippen molar-refractivity contribution in [3.05, 3.63) is 94.0 Å². The fourth-order valence-corrected chi connectivity index (χ4v) is 4.54. The molecular formula is C27H27Cl2NO2S. The molecule has 0 N–H and O–H groups in total. The van der Waals surface area contributed by atoms with Gasteiger partial charge >= 0.3 is 0 Å². The number of nitrogens with zero attached hydrogens (tertiary/aromatic N) is 1. The largest absolute Gasteiger partial charge is 0.491 e. The topological polar surface area (TPSA) is 38.7 Å². The number of carbonyl (C=O) groups excluding carboxylic acids is 1. The molecule has 0 saturated carbocycles. The monoisotopic (exact) mass is 499 g/mol. The minimum absolute atomic E-state index is 0.00619. The normalized spacial score (nSPS) is 12.6. The van der Waals surface area contributed by atoms with Crippen LogP contribution in [-0.4, -0.2) is 29.9 Å². The molecule has 1 unspecified atom stereocenters. The first-order valence-electron chi connectivity index (χ1n) is 10.8. The van der Waals surface area contributed by atoms with E-state index in [0.29, 0.717) is 17.1 Å². The minimum Gasteiger partial charge on any atom is -0.491 e. The van der Waals surface area contributed by atoms with Crippen LogP contribution in [0.5, 0.6) is 5.75 Å². The van der Waals surface area contributed by atoms with Crippen molar-refractivity contribution in [1.82, 2.24) is 0 Å². The Balaban J connectivity index is 1.81. The SMILES string of the molecule is CC(C)Oc1ccc(C(=NCCSc2ccccc2Cl)C(C)C(=O)c2ccc(Cl)cc2)cc1. The zero-order valence-corrected chi connectivity index (χ0v) is 21.3. The van der Waals surface area contributed by atoms with Gasteiger partial charge in [0.15, 0.2) is 5.78 Å². The lowest BCUT2D eigenvalue weighted by Crippen LogP contribution is -2.23. The maximum Gasteiger partial charge on any atom is 0.171 e. The lowest BCUT2D eigenvalue weighted by Gasteiger charge is -2.16. The molecule has 0 aromatic heterocycles. The van der Waals surface area contributed by atoms with Crippen LogP contribution < -0.4 is 4.74 Å². The number of ether oxygens (including phenoxy) is 1. The number of hydrogen-bond donors (Lipinski definition) is 0. The summed E-state index contributed by atoms with van der Waals surface area (Å²) in [5, 5.41) is 1.34. The highest BCUT2D eigenvalue weighted by atomic mass is 35.5. The lowest BCUT2D eigenvalue weighted by atomic mass is 9.90. The molecule has 0 fully saturated rings. The van der Waals surface area contributed by atoms with Crippen LogP contribution >= 0.6 is 35.0 Å². The third-order valence-electron chi connectivity index (χ3n) is 4.92. The fraction of sp³-hybridized carbons (Fsp3) is 0.259. The van der Waals surface area contributed by atoms with Crippen molar-refractivity contribution >= 4 is 46.5 Å². The van der Waals surface area contributed by atoms with Crippen molar-refractivity contribution < 1.29 is 9.53 Å². The molecule has 0 heterocycles. The van der Waals surface area contributed by atoms with Gasteiger partial charge in [0.1, 0.15) is 5.75 Å². The van der Waals surface area contributed by atoms with Crippen molar-refractivity contribution in [3.63, 3.8) is 0 Å². The van der Waals surface area contributed by atoms with Crippen LogP contribution in [0.2, 0.25) is 10.0 Å². The van der Waals surface area contributed by atoms with E-state index in [2.05, 4.69) is 0 Å². The van der Waals surface area contributed by atoms with Crippen LogP contribution in [0.1, 0.15) is 36.7 Å². The molecule has 0 aliphatic rings. The van der Waals surface area contributed by atoms with E-state index in [1.54, 1.807) is 36.0 Å². The van der Waals surface area contributed by atoms with Gasteiger partial charge in [-0.05, 0) is 87.0 Å². The van der Waals surface area contributed by atoms with Gasteiger partial charge in [-0.2, -0.15) is 0 Å². The number of thioether (sulfide) groups is 1. The second-order valence-electron chi connectivity index (χ2n) is 7.83. The molecule has 3 aromatic rings. The van der Waals surface area contributed by atoms with E-state index in [1.807, 2.05) is 69.3 Å². The summed E-state index contributed by atoms with van der Waals surface area (Å²) in [6.45, 7) is 6.44. The summed E-state index contributed by atoms with van der Waals surface area (Å²) in [6, 6.07) is 22.5. The average Bonchev–Trinajstić information content (AvgIpc) is 2.80. The Kier molecular flexibility index (Phi) is 9.42. The summed E-state index contributed by atoms with van der Waals surface area (Å²) in [6.07, 6.45) is 0.0937. The van der Waals surface area contributed by atoms with Gasteiger partial charge in [0.2, 0.25) is 0 Å². The average molecular weight is 500 g/mol. The molecule has 3 rings (SSSR count). The highest BCUT2D eigenvalue weighted by Gasteiger charge is 2.22. The first-order valence-corrected chi connectivity index (χ1v) is 12.6. The number of halogens is 2. The van der Waals surface area contributed by atoms with Crippen molar-refractivity contribution in [2.45, 2.75) is 31.8 Å². The van der Waals surface area contributed by atoms with Crippen LogP contribution in [0.15, 0.2) is 82.7 Å². The van der Waals surface area contributed by atoms with E-state index in [-0.39, 0.29) is 11.9 Å². The first kappa shape index (κ1) is 25.4. The van der Waals surface area contributed by atoms with E-state index in [1.165, 1.54) is 0 Å². The smallest absolute Gasteiger partial charge is 0.171 e. The summed E-state index contributed by atoms with van der Waals surface area (Å²) < 4.78 is 5.76. The van der Waals surface area contributed by atoms with Crippen molar-refractivity contribution in [1.29, 1.82) is 0 Å². The van der Waals surface area contributed by atoms with Crippen molar-refractivity contribution in [3.8, 4) is 5.75 Å². The Morgan fingerprint density at radius 3 is 2.18 bits per heavy atom. The molecule has 3 aromatic carbocycles. The van der Waals surface area contributed by atoms with E-state index in [4.69, 9.17) is 32.9 Å². The predicted molar refractivity (Wildman–Crippen MR) is 141 cm³/mol. The second kappa shape index (κ2) is 12.3. The summed E-state index contributed by atoms with van der Waals surface area (Å²) in [4.78, 5) is 19.1. The van der Waals surface area contributed by atoms with Gasteiger partial charge in [-0.25, -0.2) is 0 Å². The van der Waals surface area contributed by atoms with E-state index >= 15 is 0 Å². The van der Waals surface area contributed by atoms with Crippen LogP contribution in [0.3, 0.4) is 0 Å².